The molecule has 0 aliphatic heterocycles. The predicted octanol–water partition coefficient (Wildman–Crippen LogP) is 4.85. The van der Waals surface area contributed by atoms with E-state index in [1.165, 1.54) is 12.1 Å². The summed E-state index contributed by atoms with van der Waals surface area (Å²) in [6.45, 7) is 0. The maximum Gasteiger partial charge on any atom is 0.416 e. The lowest BCUT2D eigenvalue weighted by Gasteiger charge is -2.25. The van der Waals surface area contributed by atoms with E-state index in [9.17, 15) is 18.0 Å². The SMILES string of the molecule is NC(=O)OC1CCCc2cc(-c3ccc(C(F)(F)F)cc3)ccc21. The first-order chi connectivity index (χ1) is 11.3. The Bertz CT molecular complexity index is 754. The lowest BCUT2D eigenvalue weighted by Crippen LogP contribution is -2.20. The van der Waals surface area contributed by atoms with E-state index in [-0.39, 0.29) is 6.10 Å². The van der Waals surface area contributed by atoms with Crippen LogP contribution in [0, 0.1) is 0 Å². The molecule has 2 aromatic rings. The number of rotatable bonds is 2. The lowest BCUT2D eigenvalue weighted by molar-refractivity contribution is -0.137. The van der Waals surface area contributed by atoms with Gasteiger partial charge in [0.05, 0.1) is 5.56 Å². The van der Waals surface area contributed by atoms with Crippen molar-refractivity contribution in [3.05, 3.63) is 59.2 Å². The zero-order valence-corrected chi connectivity index (χ0v) is 12.8. The summed E-state index contributed by atoms with van der Waals surface area (Å²) >= 11 is 0. The minimum atomic E-state index is -4.34. The van der Waals surface area contributed by atoms with Gasteiger partial charge >= 0.3 is 12.3 Å². The number of nitrogens with two attached hydrogens (primary N) is 1. The van der Waals surface area contributed by atoms with Crippen molar-refractivity contribution in [1.29, 1.82) is 0 Å². The standard InChI is InChI=1S/C18H16F3NO2/c19-18(20,21)14-7-4-11(5-8-14)12-6-9-15-13(10-12)2-1-3-16(15)24-17(22)23/h4-10,16H,1-3H2,(H2,22,23). The number of hydrogen-bond acceptors (Lipinski definition) is 2. The third-order valence-corrected chi connectivity index (χ3v) is 4.21. The van der Waals surface area contributed by atoms with Gasteiger partial charge in [0.15, 0.2) is 0 Å². The first-order valence-electron chi connectivity index (χ1n) is 7.61. The van der Waals surface area contributed by atoms with E-state index in [4.69, 9.17) is 10.5 Å². The van der Waals surface area contributed by atoms with Crippen LogP contribution in [0.3, 0.4) is 0 Å². The molecule has 0 bridgehead atoms. The zero-order chi connectivity index (χ0) is 17.3. The van der Waals surface area contributed by atoms with E-state index < -0.39 is 17.8 Å². The van der Waals surface area contributed by atoms with Crippen molar-refractivity contribution in [2.45, 2.75) is 31.5 Å². The van der Waals surface area contributed by atoms with Crippen molar-refractivity contribution >= 4 is 6.09 Å². The third-order valence-electron chi connectivity index (χ3n) is 4.21. The van der Waals surface area contributed by atoms with E-state index in [1.54, 1.807) is 0 Å². The fourth-order valence-corrected chi connectivity index (χ4v) is 3.06. The molecule has 2 aromatic carbocycles. The molecule has 3 nitrogen and oxygen atoms in total. The Labute approximate surface area is 137 Å². The van der Waals surface area contributed by atoms with Crippen molar-refractivity contribution in [1.82, 2.24) is 0 Å². The summed E-state index contributed by atoms with van der Waals surface area (Å²) in [4.78, 5) is 11.0. The van der Waals surface area contributed by atoms with Gasteiger partial charge in [-0.05, 0) is 53.6 Å². The summed E-state index contributed by atoms with van der Waals surface area (Å²) < 4.78 is 43.1. The third kappa shape index (κ3) is 3.37. The van der Waals surface area contributed by atoms with Gasteiger partial charge in [0.1, 0.15) is 6.10 Å². The average molecular weight is 335 g/mol. The second-order valence-corrected chi connectivity index (χ2v) is 5.81. The Hall–Kier alpha value is -2.50. The topological polar surface area (TPSA) is 52.3 Å². The highest BCUT2D eigenvalue weighted by Gasteiger charge is 2.30. The second kappa shape index (κ2) is 6.19. The minimum absolute atomic E-state index is 0.354. The molecule has 1 unspecified atom stereocenters. The summed E-state index contributed by atoms with van der Waals surface area (Å²) in [5.41, 5.74) is 7.92. The van der Waals surface area contributed by atoms with E-state index in [2.05, 4.69) is 0 Å². The predicted molar refractivity (Wildman–Crippen MR) is 83.2 cm³/mol. The summed E-state index contributed by atoms with van der Waals surface area (Å²) in [5, 5.41) is 0. The molecule has 1 aliphatic carbocycles. The molecule has 6 heteroatoms. The van der Waals surface area contributed by atoms with Crippen molar-refractivity contribution in [3.8, 4) is 11.1 Å². The van der Waals surface area contributed by atoms with Crippen LogP contribution in [0.2, 0.25) is 0 Å². The van der Waals surface area contributed by atoms with Crippen LogP contribution in [0.15, 0.2) is 42.5 Å². The second-order valence-electron chi connectivity index (χ2n) is 5.81. The largest absolute Gasteiger partial charge is 0.442 e. The van der Waals surface area contributed by atoms with Crippen molar-refractivity contribution < 1.29 is 22.7 Å². The Morgan fingerprint density at radius 1 is 1.08 bits per heavy atom. The molecule has 1 aliphatic rings. The highest BCUT2D eigenvalue weighted by molar-refractivity contribution is 5.67. The number of primary amides is 1. The van der Waals surface area contributed by atoms with Gasteiger partial charge < -0.3 is 10.5 Å². The van der Waals surface area contributed by atoms with Crippen LogP contribution in [0.4, 0.5) is 18.0 Å². The molecule has 126 valence electrons. The summed E-state index contributed by atoms with van der Waals surface area (Å²) in [6.07, 6.45) is -3.08. The van der Waals surface area contributed by atoms with Gasteiger partial charge in [-0.15, -0.1) is 0 Å². The number of amides is 1. The fourth-order valence-electron chi connectivity index (χ4n) is 3.06. The van der Waals surface area contributed by atoms with E-state index >= 15 is 0 Å². The normalized spacial score (nSPS) is 17.2. The Kier molecular flexibility index (Phi) is 4.22. The number of aryl methyl sites for hydroxylation is 1. The molecule has 3 rings (SSSR count). The molecular formula is C18H16F3NO2. The molecule has 0 saturated carbocycles. The fraction of sp³-hybridized carbons (Fsp3) is 0.278. The summed E-state index contributed by atoms with van der Waals surface area (Å²) in [5.74, 6) is 0. The van der Waals surface area contributed by atoms with Crippen LogP contribution >= 0.6 is 0 Å². The number of halogens is 3. The molecule has 0 saturated heterocycles. The highest BCUT2D eigenvalue weighted by atomic mass is 19.4. The van der Waals surface area contributed by atoms with Crippen molar-refractivity contribution in [3.63, 3.8) is 0 Å². The Morgan fingerprint density at radius 2 is 1.75 bits per heavy atom. The molecule has 1 atom stereocenters. The number of ether oxygens (including phenoxy) is 1. The first-order valence-corrected chi connectivity index (χ1v) is 7.61. The number of carbonyl (C=O) groups is 1. The number of hydrogen-bond donors (Lipinski definition) is 1. The zero-order valence-electron chi connectivity index (χ0n) is 12.8. The molecule has 0 fully saturated rings. The van der Waals surface area contributed by atoms with Gasteiger partial charge in [-0.2, -0.15) is 13.2 Å². The van der Waals surface area contributed by atoms with E-state index in [0.717, 1.165) is 48.1 Å². The molecule has 0 heterocycles. The quantitative estimate of drug-likeness (QED) is 0.853. The smallest absolute Gasteiger partial charge is 0.416 e. The number of alkyl halides is 3. The van der Waals surface area contributed by atoms with E-state index in [0.29, 0.717) is 5.56 Å². The van der Waals surface area contributed by atoms with Crippen LogP contribution in [0.5, 0.6) is 0 Å². The van der Waals surface area contributed by atoms with Crippen LogP contribution < -0.4 is 5.73 Å². The maximum absolute atomic E-state index is 12.6. The van der Waals surface area contributed by atoms with Crippen LogP contribution in [-0.4, -0.2) is 6.09 Å². The highest BCUT2D eigenvalue weighted by Crippen LogP contribution is 2.36. The van der Waals surface area contributed by atoms with Crippen LogP contribution in [0.1, 0.15) is 35.6 Å². The summed E-state index contributed by atoms with van der Waals surface area (Å²) in [7, 11) is 0. The van der Waals surface area contributed by atoms with Crippen molar-refractivity contribution in [2.24, 2.45) is 5.73 Å². The number of benzene rings is 2. The van der Waals surface area contributed by atoms with E-state index in [1.807, 2.05) is 18.2 Å². The molecule has 0 spiro atoms. The molecule has 1 amide bonds. The van der Waals surface area contributed by atoms with Crippen LogP contribution in [0.25, 0.3) is 11.1 Å². The molecule has 24 heavy (non-hydrogen) atoms. The van der Waals surface area contributed by atoms with Crippen LogP contribution in [-0.2, 0) is 17.3 Å². The van der Waals surface area contributed by atoms with Gasteiger partial charge in [-0.25, -0.2) is 4.79 Å². The minimum Gasteiger partial charge on any atom is -0.442 e. The molecule has 2 N–H and O–H groups in total. The van der Waals surface area contributed by atoms with Gasteiger partial charge in [-0.3, -0.25) is 0 Å². The lowest BCUT2D eigenvalue weighted by atomic mass is 9.87. The first kappa shape index (κ1) is 16.4. The van der Waals surface area contributed by atoms with Gasteiger partial charge in [0.25, 0.3) is 0 Å². The molecule has 0 radical (unpaired) electrons. The van der Waals surface area contributed by atoms with Gasteiger partial charge in [-0.1, -0.05) is 30.3 Å². The van der Waals surface area contributed by atoms with Crippen molar-refractivity contribution in [2.75, 3.05) is 0 Å². The average Bonchev–Trinajstić information content (AvgIpc) is 2.53. The van der Waals surface area contributed by atoms with Gasteiger partial charge in [0, 0.05) is 0 Å². The Morgan fingerprint density at radius 3 is 2.38 bits per heavy atom. The number of fused-ring (bicyclic) bond motifs is 1. The maximum atomic E-state index is 12.6. The Balaban J connectivity index is 1.90. The molecule has 0 aromatic heterocycles. The number of carbonyl (C=O) groups excluding carboxylic acids is 1. The monoisotopic (exact) mass is 335 g/mol. The molecular weight excluding hydrogens is 319 g/mol. The van der Waals surface area contributed by atoms with Gasteiger partial charge in [0.2, 0.25) is 0 Å². The summed E-state index contributed by atoms with van der Waals surface area (Å²) in [6, 6.07) is 10.7.